The predicted molar refractivity (Wildman–Crippen MR) is 126 cm³/mol. The Labute approximate surface area is 189 Å². The fraction of sp³-hybridized carbons (Fsp3) is 0.348. The zero-order valence-corrected chi connectivity index (χ0v) is 19.5. The SMILES string of the molecule is CSc1ccc(OCC[C@@H]2c3ccc(OC(=O)N(C)C)cc3C=CCN2C)cc1.Cl. The van der Waals surface area contributed by atoms with Crippen LogP contribution in [-0.4, -0.2) is 56.4 Å². The molecule has 0 saturated carbocycles. The second kappa shape index (κ2) is 11.3. The number of rotatable bonds is 6. The predicted octanol–water partition coefficient (Wildman–Crippen LogP) is 5.36. The molecule has 1 aliphatic rings. The van der Waals surface area contributed by atoms with Crippen molar-refractivity contribution in [3.8, 4) is 11.5 Å². The summed E-state index contributed by atoms with van der Waals surface area (Å²) in [5, 5.41) is 0. The van der Waals surface area contributed by atoms with Gasteiger partial charge in [0.05, 0.1) is 6.61 Å². The maximum absolute atomic E-state index is 11.8. The summed E-state index contributed by atoms with van der Waals surface area (Å²) in [5.41, 5.74) is 2.29. The van der Waals surface area contributed by atoms with E-state index in [1.54, 1.807) is 25.9 Å². The van der Waals surface area contributed by atoms with E-state index in [4.69, 9.17) is 9.47 Å². The second-order valence-corrected chi connectivity index (χ2v) is 8.10. The van der Waals surface area contributed by atoms with Gasteiger partial charge in [-0.1, -0.05) is 18.2 Å². The lowest BCUT2D eigenvalue weighted by Crippen LogP contribution is -2.26. The van der Waals surface area contributed by atoms with Crippen LogP contribution >= 0.6 is 24.2 Å². The minimum atomic E-state index is -0.378. The average Bonchev–Trinajstić information content (AvgIpc) is 2.87. The third-order valence-electron chi connectivity index (χ3n) is 4.93. The number of fused-ring (bicyclic) bond motifs is 1. The molecule has 0 aromatic heterocycles. The molecule has 0 fully saturated rings. The smallest absolute Gasteiger partial charge is 0.414 e. The fourth-order valence-corrected chi connectivity index (χ4v) is 3.71. The van der Waals surface area contributed by atoms with E-state index in [1.807, 2.05) is 24.3 Å². The Kier molecular flexibility index (Phi) is 9.08. The van der Waals surface area contributed by atoms with Gasteiger partial charge in [0.2, 0.25) is 0 Å². The number of benzene rings is 2. The summed E-state index contributed by atoms with van der Waals surface area (Å²) in [6.07, 6.45) is 6.79. The van der Waals surface area contributed by atoms with E-state index in [0.717, 1.165) is 24.3 Å². The highest BCUT2D eigenvalue weighted by Gasteiger charge is 2.22. The Morgan fingerprint density at radius 3 is 2.53 bits per heavy atom. The fourth-order valence-electron chi connectivity index (χ4n) is 3.30. The van der Waals surface area contributed by atoms with Gasteiger partial charge in [-0.15, -0.1) is 24.2 Å². The van der Waals surface area contributed by atoms with E-state index in [2.05, 4.69) is 48.6 Å². The monoisotopic (exact) mass is 448 g/mol. The lowest BCUT2D eigenvalue weighted by Gasteiger charge is -2.27. The molecule has 1 aliphatic heterocycles. The van der Waals surface area contributed by atoms with Crippen molar-refractivity contribution < 1.29 is 14.3 Å². The van der Waals surface area contributed by atoms with Crippen molar-refractivity contribution in [2.24, 2.45) is 0 Å². The molecule has 2 aromatic rings. The number of hydrogen-bond donors (Lipinski definition) is 0. The normalized spacial score (nSPS) is 15.5. The first-order valence-electron chi connectivity index (χ1n) is 9.64. The van der Waals surface area contributed by atoms with Gasteiger partial charge in [0.1, 0.15) is 11.5 Å². The molecule has 0 radical (unpaired) electrons. The topological polar surface area (TPSA) is 42.0 Å². The van der Waals surface area contributed by atoms with Crippen LogP contribution in [0.25, 0.3) is 6.08 Å². The van der Waals surface area contributed by atoms with Gasteiger partial charge >= 0.3 is 6.09 Å². The molecule has 0 N–H and O–H groups in total. The highest BCUT2D eigenvalue weighted by atomic mass is 35.5. The largest absolute Gasteiger partial charge is 0.494 e. The van der Waals surface area contributed by atoms with Crippen LogP contribution < -0.4 is 9.47 Å². The first-order chi connectivity index (χ1) is 14.0. The van der Waals surface area contributed by atoms with Crippen molar-refractivity contribution >= 4 is 36.3 Å². The van der Waals surface area contributed by atoms with Crippen molar-refractivity contribution in [3.05, 3.63) is 59.7 Å². The number of nitrogens with zero attached hydrogens (tertiary/aromatic N) is 2. The van der Waals surface area contributed by atoms with Gasteiger partial charge in [0.15, 0.2) is 0 Å². The van der Waals surface area contributed by atoms with Crippen molar-refractivity contribution in [3.63, 3.8) is 0 Å². The van der Waals surface area contributed by atoms with Crippen LogP contribution in [0, 0.1) is 0 Å². The van der Waals surface area contributed by atoms with E-state index in [9.17, 15) is 4.79 Å². The first-order valence-corrected chi connectivity index (χ1v) is 10.9. The molecule has 1 amide bonds. The number of carbonyl (C=O) groups excluding carboxylic acids is 1. The first kappa shape index (κ1) is 24.1. The molecule has 1 atom stereocenters. The van der Waals surface area contributed by atoms with Crippen molar-refractivity contribution in [2.45, 2.75) is 17.4 Å². The lowest BCUT2D eigenvalue weighted by atomic mass is 9.97. The van der Waals surface area contributed by atoms with Gasteiger partial charge in [-0.05, 0) is 60.8 Å². The van der Waals surface area contributed by atoms with Crippen molar-refractivity contribution in [2.75, 3.05) is 40.6 Å². The Morgan fingerprint density at radius 1 is 1.17 bits per heavy atom. The van der Waals surface area contributed by atoms with Crippen LogP contribution in [0.5, 0.6) is 11.5 Å². The van der Waals surface area contributed by atoms with Gasteiger partial charge in [-0.25, -0.2) is 4.79 Å². The summed E-state index contributed by atoms with van der Waals surface area (Å²) >= 11 is 1.72. The number of likely N-dealkylation sites (N-methyl/N-ethyl adjacent to an activating group) is 1. The average molecular weight is 449 g/mol. The Bertz CT molecular complexity index is 871. The summed E-state index contributed by atoms with van der Waals surface area (Å²) in [5.74, 6) is 1.45. The van der Waals surface area contributed by atoms with E-state index in [-0.39, 0.29) is 24.5 Å². The second-order valence-electron chi connectivity index (χ2n) is 7.22. The lowest BCUT2D eigenvalue weighted by molar-refractivity contribution is 0.172. The van der Waals surface area contributed by atoms with Gasteiger partial charge in [-0.3, -0.25) is 4.90 Å². The molecule has 0 spiro atoms. The van der Waals surface area contributed by atoms with Crippen LogP contribution in [0.4, 0.5) is 4.79 Å². The molecule has 0 bridgehead atoms. The van der Waals surface area contributed by atoms with E-state index in [0.29, 0.717) is 12.4 Å². The number of hydrogen-bond acceptors (Lipinski definition) is 5. The van der Waals surface area contributed by atoms with Gasteiger partial charge in [0.25, 0.3) is 0 Å². The number of ether oxygens (including phenoxy) is 2. The summed E-state index contributed by atoms with van der Waals surface area (Å²) in [6.45, 7) is 1.49. The minimum absolute atomic E-state index is 0. The Hall–Kier alpha value is -2.15. The Balaban J connectivity index is 0.00000320. The molecule has 0 saturated heterocycles. The Morgan fingerprint density at radius 2 is 1.87 bits per heavy atom. The maximum Gasteiger partial charge on any atom is 0.414 e. The molecule has 7 heteroatoms. The molecule has 0 aliphatic carbocycles. The van der Waals surface area contributed by atoms with Gasteiger partial charge in [0, 0.05) is 38.0 Å². The maximum atomic E-state index is 11.8. The standard InChI is InChI=1S/C23H28N2O3S.ClH/c1-24(2)23(26)28-19-9-12-21-17(16-19)6-5-14-25(3)22(21)13-15-27-18-7-10-20(29-4)11-8-18;/h5-12,16,22H,13-15H2,1-4H3;1H/t22-;/m1./s1. The van der Waals surface area contributed by atoms with Gasteiger partial charge < -0.3 is 14.4 Å². The third-order valence-corrected chi connectivity index (χ3v) is 5.67. The molecule has 3 rings (SSSR count). The molecular formula is C23H29ClN2O3S. The van der Waals surface area contributed by atoms with E-state index >= 15 is 0 Å². The van der Waals surface area contributed by atoms with Crippen LogP contribution in [0.2, 0.25) is 0 Å². The van der Waals surface area contributed by atoms with Crippen LogP contribution in [0.15, 0.2) is 53.4 Å². The molecule has 30 heavy (non-hydrogen) atoms. The highest BCUT2D eigenvalue weighted by Crippen LogP contribution is 2.32. The summed E-state index contributed by atoms with van der Waals surface area (Å²) in [6, 6.07) is 14.3. The molecular weight excluding hydrogens is 420 g/mol. The van der Waals surface area contributed by atoms with E-state index in [1.165, 1.54) is 15.4 Å². The van der Waals surface area contributed by atoms with Crippen LogP contribution in [0.1, 0.15) is 23.6 Å². The third kappa shape index (κ3) is 6.17. The zero-order valence-electron chi connectivity index (χ0n) is 17.8. The van der Waals surface area contributed by atoms with Crippen LogP contribution in [0.3, 0.4) is 0 Å². The molecule has 2 aromatic carbocycles. The quantitative estimate of drug-likeness (QED) is 0.556. The zero-order chi connectivity index (χ0) is 20.8. The molecule has 1 heterocycles. The number of amides is 1. The number of halogens is 1. The summed E-state index contributed by atoms with van der Waals surface area (Å²) in [7, 11) is 5.47. The molecule has 0 unspecified atom stereocenters. The number of thioether (sulfide) groups is 1. The summed E-state index contributed by atoms with van der Waals surface area (Å²) < 4.78 is 11.4. The van der Waals surface area contributed by atoms with Crippen molar-refractivity contribution in [1.29, 1.82) is 0 Å². The number of carbonyl (C=O) groups is 1. The van der Waals surface area contributed by atoms with E-state index < -0.39 is 0 Å². The van der Waals surface area contributed by atoms with Crippen LogP contribution in [-0.2, 0) is 0 Å². The molecule has 162 valence electrons. The summed E-state index contributed by atoms with van der Waals surface area (Å²) in [4.78, 5) is 16.8. The van der Waals surface area contributed by atoms with Crippen molar-refractivity contribution in [1.82, 2.24) is 9.80 Å². The highest BCUT2D eigenvalue weighted by molar-refractivity contribution is 7.98. The molecule has 5 nitrogen and oxygen atoms in total. The minimum Gasteiger partial charge on any atom is -0.494 e. The van der Waals surface area contributed by atoms with Gasteiger partial charge in [-0.2, -0.15) is 0 Å².